The minimum atomic E-state index is -0.399. The molecule has 0 unspecified atom stereocenters. The molecule has 94 valence electrons. The molecule has 2 nitrogen and oxygen atoms in total. The van der Waals surface area contributed by atoms with Crippen LogP contribution in [0.5, 0.6) is 0 Å². The van der Waals surface area contributed by atoms with Crippen LogP contribution in [0.1, 0.15) is 32.4 Å². The van der Waals surface area contributed by atoms with Crippen molar-refractivity contribution >= 4 is 17.4 Å². The number of hydrogen-bond acceptors (Lipinski definition) is 3. The number of hydrogen-bond donors (Lipinski definition) is 1. The zero-order valence-electron chi connectivity index (χ0n) is 10.8. The molecule has 1 aromatic rings. The third-order valence-electron chi connectivity index (χ3n) is 3.15. The highest BCUT2D eigenvalue weighted by molar-refractivity contribution is 8.00. The van der Waals surface area contributed by atoms with Crippen LogP contribution >= 0.6 is 11.8 Å². The highest BCUT2D eigenvalue weighted by Crippen LogP contribution is 2.34. The van der Waals surface area contributed by atoms with Gasteiger partial charge in [0.15, 0.2) is 0 Å². The van der Waals surface area contributed by atoms with Crippen LogP contribution in [0, 0.1) is 0 Å². The van der Waals surface area contributed by atoms with Gasteiger partial charge in [-0.25, -0.2) is 0 Å². The zero-order chi connectivity index (χ0) is 12.5. The summed E-state index contributed by atoms with van der Waals surface area (Å²) in [5.41, 5.74) is 2.23. The molecule has 0 aliphatic carbocycles. The van der Waals surface area contributed by atoms with Crippen LogP contribution in [-0.2, 0) is 0 Å². The molecule has 1 saturated heterocycles. The van der Waals surface area contributed by atoms with Gasteiger partial charge in [0.05, 0.1) is 6.10 Å². The summed E-state index contributed by atoms with van der Waals surface area (Å²) in [5.74, 6) is 1.15. The van der Waals surface area contributed by atoms with Gasteiger partial charge in [0.1, 0.15) is 0 Å². The lowest BCUT2D eigenvalue weighted by Gasteiger charge is -2.40. The minimum Gasteiger partial charge on any atom is -0.389 e. The first-order valence-electron chi connectivity index (χ1n) is 6.15. The molecule has 1 atom stereocenters. The molecule has 1 fully saturated rings. The largest absolute Gasteiger partial charge is 0.389 e. The van der Waals surface area contributed by atoms with E-state index in [-0.39, 0.29) is 0 Å². The van der Waals surface area contributed by atoms with E-state index in [1.54, 1.807) is 0 Å². The van der Waals surface area contributed by atoms with Crippen LogP contribution in [-0.4, -0.2) is 28.7 Å². The van der Waals surface area contributed by atoms with Crippen LogP contribution < -0.4 is 4.90 Å². The lowest BCUT2D eigenvalue weighted by Crippen LogP contribution is -2.43. The molecular weight excluding hydrogens is 230 g/mol. The Hall–Kier alpha value is -0.670. The average molecular weight is 251 g/mol. The lowest BCUT2D eigenvalue weighted by molar-refractivity contribution is 0.199. The third-order valence-corrected chi connectivity index (χ3v) is 4.45. The van der Waals surface area contributed by atoms with Crippen LogP contribution in [0.3, 0.4) is 0 Å². The smallest absolute Gasteiger partial charge is 0.0781 e. The molecule has 0 saturated carbocycles. The molecule has 1 N–H and O–H groups in total. The third kappa shape index (κ3) is 2.96. The maximum Gasteiger partial charge on any atom is 0.0781 e. The van der Waals surface area contributed by atoms with Gasteiger partial charge in [0, 0.05) is 34.8 Å². The van der Waals surface area contributed by atoms with Crippen molar-refractivity contribution in [3.8, 4) is 0 Å². The lowest BCUT2D eigenvalue weighted by atomic mass is 10.1. The van der Waals surface area contributed by atoms with Crippen LogP contribution in [0.15, 0.2) is 24.3 Å². The van der Waals surface area contributed by atoms with Crippen molar-refractivity contribution in [3.63, 3.8) is 0 Å². The summed E-state index contributed by atoms with van der Waals surface area (Å²) < 4.78 is 0.296. The van der Waals surface area contributed by atoms with Gasteiger partial charge in [-0.05, 0) is 26.8 Å². The zero-order valence-corrected chi connectivity index (χ0v) is 11.6. The van der Waals surface area contributed by atoms with Gasteiger partial charge in [-0.3, -0.25) is 0 Å². The van der Waals surface area contributed by atoms with Gasteiger partial charge in [0.2, 0.25) is 0 Å². The van der Waals surface area contributed by atoms with Crippen molar-refractivity contribution in [2.45, 2.75) is 31.6 Å². The first kappa shape index (κ1) is 12.8. The van der Waals surface area contributed by atoms with Gasteiger partial charge >= 0.3 is 0 Å². The fourth-order valence-corrected chi connectivity index (χ4v) is 3.46. The predicted molar refractivity (Wildman–Crippen MR) is 75.8 cm³/mol. The number of aliphatic hydroxyl groups is 1. The van der Waals surface area contributed by atoms with E-state index >= 15 is 0 Å². The monoisotopic (exact) mass is 251 g/mol. The maximum absolute atomic E-state index is 9.83. The Balaban J connectivity index is 2.27. The summed E-state index contributed by atoms with van der Waals surface area (Å²) in [5, 5.41) is 9.83. The Morgan fingerprint density at radius 1 is 1.35 bits per heavy atom. The molecule has 1 heterocycles. The number of para-hydroxylation sites is 1. The van der Waals surface area contributed by atoms with Crippen LogP contribution in [0.2, 0.25) is 0 Å². The van der Waals surface area contributed by atoms with Gasteiger partial charge in [-0.2, -0.15) is 11.8 Å². The van der Waals surface area contributed by atoms with Gasteiger partial charge < -0.3 is 10.0 Å². The number of benzene rings is 1. The van der Waals surface area contributed by atoms with Gasteiger partial charge in [-0.15, -0.1) is 0 Å². The van der Waals surface area contributed by atoms with E-state index < -0.39 is 6.10 Å². The highest BCUT2D eigenvalue weighted by atomic mass is 32.2. The molecule has 17 heavy (non-hydrogen) atoms. The molecule has 1 aliphatic rings. The molecule has 0 radical (unpaired) electrons. The van der Waals surface area contributed by atoms with E-state index in [4.69, 9.17) is 0 Å². The Morgan fingerprint density at radius 3 is 2.71 bits per heavy atom. The molecule has 0 aromatic heterocycles. The first-order valence-corrected chi connectivity index (χ1v) is 7.14. The Labute approximate surface area is 108 Å². The first-order chi connectivity index (χ1) is 7.99. The molecule has 1 aromatic carbocycles. The fourth-order valence-electron chi connectivity index (χ4n) is 2.35. The number of aliphatic hydroxyl groups excluding tert-OH is 1. The highest BCUT2D eigenvalue weighted by Gasteiger charge is 2.28. The van der Waals surface area contributed by atoms with E-state index in [2.05, 4.69) is 30.9 Å². The van der Waals surface area contributed by atoms with Crippen molar-refractivity contribution in [2.75, 3.05) is 23.7 Å². The van der Waals surface area contributed by atoms with Crippen molar-refractivity contribution < 1.29 is 5.11 Å². The summed E-state index contributed by atoms with van der Waals surface area (Å²) in [6, 6.07) is 8.19. The summed E-state index contributed by atoms with van der Waals surface area (Å²) in [6.45, 7) is 8.52. The minimum absolute atomic E-state index is 0.296. The second kappa shape index (κ2) is 4.91. The topological polar surface area (TPSA) is 23.5 Å². The number of thioether (sulfide) groups is 1. The predicted octanol–water partition coefficient (Wildman–Crippen LogP) is 3.07. The fraction of sp³-hybridized carbons (Fsp3) is 0.571. The van der Waals surface area contributed by atoms with Crippen molar-refractivity contribution in [2.24, 2.45) is 0 Å². The quantitative estimate of drug-likeness (QED) is 0.874. The Kier molecular flexibility index (Phi) is 3.69. The molecule has 0 amide bonds. The molecule has 3 heteroatoms. The van der Waals surface area contributed by atoms with Crippen molar-refractivity contribution in [1.82, 2.24) is 0 Å². The van der Waals surface area contributed by atoms with Crippen LogP contribution in [0.25, 0.3) is 0 Å². The summed E-state index contributed by atoms with van der Waals surface area (Å²) >= 11 is 2.03. The van der Waals surface area contributed by atoms with Crippen molar-refractivity contribution in [3.05, 3.63) is 29.8 Å². The van der Waals surface area contributed by atoms with Crippen molar-refractivity contribution in [1.29, 1.82) is 0 Å². The molecular formula is C14H21NOS. The molecule has 2 rings (SSSR count). The molecule has 0 spiro atoms. The Morgan fingerprint density at radius 2 is 2.06 bits per heavy atom. The van der Waals surface area contributed by atoms with E-state index in [9.17, 15) is 5.11 Å². The van der Waals surface area contributed by atoms with E-state index in [0.29, 0.717) is 4.75 Å². The maximum atomic E-state index is 9.83. The number of anilines is 1. The standard InChI is InChI=1S/C14H21NOS/c1-11(16)12-6-4-5-7-13(12)15-8-9-17-14(2,3)10-15/h4-7,11,16H,8-10H2,1-3H3/t11-/m1/s1. The normalized spacial score (nSPS) is 21.3. The van der Waals surface area contributed by atoms with Gasteiger partial charge in [0.25, 0.3) is 0 Å². The molecule has 0 bridgehead atoms. The Bertz CT molecular complexity index is 390. The SMILES string of the molecule is C[C@@H](O)c1ccccc1N1CCSC(C)(C)C1. The second-order valence-corrected chi connectivity index (χ2v) is 7.07. The average Bonchev–Trinajstić information content (AvgIpc) is 2.27. The second-order valence-electron chi connectivity index (χ2n) is 5.26. The summed E-state index contributed by atoms with van der Waals surface area (Å²) in [4.78, 5) is 2.40. The van der Waals surface area contributed by atoms with E-state index in [0.717, 1.165) is 24.4 Å². The summed E-state index contributed by atoms with van der Waals surface area (Å²) in [6.07, 6.45) is -0.399. The van der Waals surface area contributed by atoms with E-state index in [1.807, 2.05) is 30.8 Å². The van der Waals surface area contributed by atoms with Gasteiger partial charge in [-0.1, -0.05) is 18.2 Å². The number of nitrogens with zero attached hydrogens (tertiary/aromatic N) is 1. The van der Waals surface area contributed by atoms with E-state index in [1.165, 1.54) is 5.69 Å². The summed E-state index contributed by atoms with van der Waals surface area (Å²) in [7, 11) is 0. The van der Waals surface area contributed by atoms with Crippen LogP contribution in [0.4, 0.5) is 5.69 Å². The number of rotatable bonds is 2. The molecule has 1 aliphatic heterocycles.